The highest BCUT2D eigenvalue weighted by atomic mass is 35.5. The Morgan fingerprint density at radius 2 is 1.61 bits per heavy atom. The Balaban J connectivity index is 0.00000225. The summed E-state index contributed by atoms with van der Waals surface area (Å²) in [6.45, 7) is 2.07. The number of hydrogen-bond donors (Lipinski definition) is 1. The van der Waals surface area contributed by atoms with Crippen molar-refractivity contribution in [2.24, 2.45) is 0 Å². The van der Waals surface area contributed by atoms with Gasteiger partial charge in [0.15, 0.2) is 11.5 Å². The highest BCUT2D eigenvalue weighted by molar-refractivity contribution is 5.44. The average Bonchev–Trinajstić information content (AvgIpc) is 3.16. The van der Waals surface area contributed by atoms with E-state index in [0.29, 0.717) is 19.7 Å². The Hall–Kier alpha value is -2.76. The first-order chi connectivity index (χ1) is 13.3. The normalized spacial score (nSPS) is 11.8. The zero-order valence-electron chi connectivity index (χ0n) is 15.2. The summed E-state index contributed by atoms with van der Waals surface area (Å²) in [5.41, 5.74) is 3.13. The molecular formula is C22H20ClFNO3-. The molecule has 3 aromatic rings. The lowest BCUT2D eigenvalue weighted by Crippen LogP contribution is -3.00. The van der Waals surface area contributed by atoms with Crippen molar-refractivity contribution in [3.05, 3.63) is 89.2 Å². The molecule has 0 aromatic heterocycles. The van der Waals surface area contributed by atoms with Gasteiger partial charge in [0.1, 0.15) is 18.2 Å². The first kappa shape index (κ1) is 20.0. The van der Waals surface area contributed by atoms with Gasteiger partial charge in [0.2, 0.25) is 6.79 Å². The van der Waals surface area contributed by atoms with E-state index >= 15 is 0 Å². The minimum absolute atomic E-state index is 0. The molecule has 1 aliphatic rings. The first-order valence-corrected chi connectivity index (χ1v) is 8.82. The van der Waals surface area contributed by atoms with Crippen LogP contribution in [0.2, 0.25) is 0 Å². The summed E-state index contributed by atoms with van der Waals surface area (Å²) >= 11 is 0. The fourth-order valence-corrected chi connectivity index (χ4v) is 2.92. The molecule has 0 saturated heterocycles. The van der Waals surface area contributed by atoms with Crippen LogP contribution in [0.25, 0.3) is 0 Å². The van der Waals surface area contributed by atoms with Gasteiger partial charge in [-0.2, -0.15) is 0 Å². The van der Waals surface area contributed by atoms with Crippen molar-refractivity contribution in [3.8, 4) is 17.2 Å². The Labute approximate surface area is 169 Å². The number of para-hydroxylation sites is 1. The largest absolute Gasteiger partial charge is 1.00 e. The summed E-state index contributed by atoms with van der Waals surface area (Å²) < 4.78 is 29.7. The lowest BCUT2D eigenvalue weighted by molar-refractivity contribution is -0.00000791. The second-order valence-corrected chi connectivity index (χ2v) is 6.31. The summed E-state index contributed by atoms with van der Waals surface area (Å²) in [5.74, 6) is 2.16. The zero-order chi connectivity index (χ0) is 18.5. The van der Waals surface area contributed by atoms with Crippen LogP contribution in [-0.4, -0.2) is 6.79 Å². The maximum Gasteiger partial charge on any atom is 0.231 e. The van der Waals surface area contributed by atoms with Gasteiger partial charge in [-0.3, -0.25) is 0 Å². The second-order valence-electron chi connectivity index (χ2n) is 6.31. The van der Waals surface area contributed by atoms with Crippen LogP contribution >= 0.6 is 0 Å². The van der Waals surface area contributed by atoms with Gasteiger partial charge in [-0.05, 0) is 41.5 Å². The molecule has 0 bridgehead atoms. The number of rotatable bonds is 7. The molecule has 3 aromatic carbocycles. The fourth-order valence-electron chi connectivity index (χ4n) is 2.92. The molecule has 0 atom stereocenters. The third-order valence-corrected chi connectivity index (χ3v) is 4.36. The maximum absolute atomic E-state index is 13.0. The van der Waals surface area contributed by atoms with Crippen molar-refractivity contribution in [1.29, 1.82) is 0 Å². The number of hydrogen-bond acceptors (Lipinski definition) is 4. The van der Waals surface area contributed by atoms with Gasteiger partial charge in [0.05, 0.1) is 0 Å². The molecule has 4 rings (SSSR count). The van der Waals surface area contributed by atoms with Gasteiger partial charge >= 0.3 is 0 Å². The third-order valence-electron chi connectivity index (χ3n) is 4.36. The number of ether oxygens (including phenoxy) is 3. The van der Waals surface area contributed by atoms with Crippen LogP contribution in [0.5, 0.6) is 17.2 Å². The van der Waals surface area contributed by atoms with Gasteiger partial charge in [0, 0.05) is 18.7 Å². The van der Waals surface area contributed by atoms with E-state index in [1.807, 2.05) is 42.5 Å². The predicted octanol–water partition coefficient (Wildman–Crippen LogP) is 1.43. The summed E-state index contributed by atoms with van der Waals surface area (Å²) in [6, 6.07) is 20.2. The Morgan fingerprint density at radius 3 is 2.46 bits per heavy atom. The van der Waals surface area contributed by atoms with E-state index in [1.165, 1.54) is 12.1 Å². The molecular weight excluding hydrogens is 381 g/mol. The van der Waals surface area contributed by atoms with E-state index in [4.69, 9.17) is 14.2 Å². The second kappa shape index (κ2) is 9.44. The van der Waals surface area contributed by atoms with Crippen molar-refractivity contribution in [1.82, 2.24) is 5.32 Å². The summed E-state index contributed by atoms with van der Waals surface area (Å²) in [4.78, 5) is 0. The predicted molar refractivity (Wildman–Crippen MR) is 100 cm³/mol. The van der Waals surface area contributed by atoms with Crippen molar-refractivity contribution in [2.45, 2.75) is 19.7 Å². The van der Waals surface area contributed by atoms with Crippen LogP contribution < -0.4 is 31.9 Å². The smallest absolute Gasteiger partial charge is 0.231 e. The molecule has 0 spiro atoms. The highest BCUT2D eigenvalue weighted by Crippen LogP contribution is 2.32. The van der Waals surface area contributed by atoms with E-state index in [0.717, 1.165) is 33.9 Å². The quantitative estimate of drug-likeness (QED) is 0.651. The molecule has 1 heterocycles. The molecule has 1 aliphatic heterocycles. The number of halogens is 2. The number of benzene rings is 3. The molecule has 1 N–H and O–H groups in total. The molecule has 0 unspecified atom stereocenters. The summed E-state index contributed by atoms with van der Waals surface area (Å²) in [6.07, 6.45) is 0. The van der Waals surface area contributed by atoms with Crippen molar-refractivity contribution in [3.63, 3.8) is 0 Å². The monoisotopic (exact) mass is 400 g/mol. The molecule has 0 radical (unpaired) electrons. The molecule has 0 fully saturated rings. The Morgan fingerprint density at radius 1 is 0.857 bits per heavy atom. The lowest BCUT2D eigenvalue weighted by atomic mass is 10.1. The van der Waals surface area contributed by atoms with Crippen LogP contribution in [-0.2, 0) is 19.7 Å². The maximum atomic E-state index is 13.0. The van der Waals surface area contributed by atoms with Gasteiger partial charge in [-0.25, -0.2) is 4.39 Å². The molecule has 0 saturated carbocycles. The number of nitrogens with one attached hydrogen (secondary N) is 1. The van der Waals surface area contributed by atoms with E-state index in [-0.39, 0.29) is 25.0 Å². The highest BCUT2D eigenvalue weighted by Gasteiger charge is 2.13. The lowest BCUT2D eigenvalue weighted by Gasteiger charge is -2.12. The van der Waals surface area contributed by atoms with Crippen LogP contribution in [0.4, 0.5) is 4.39 Å². The summed E-state index contributed by atoms with van der Waals surface area (Å²) in [5, 5.41) is 3.43. The van der Waals surface area contributed by atoms with Gasteiger partial charge in [-0.1, -0.05) is 36.4 Å². The number of fused-ring (bicyclic) bond motifs is 1. The van der Waals surface area contributed by atoms with Gasteiger partial charge in [-0.15, -0.1) is 0 Å². The molecule has 0 amide bonds. The third kappa shape index (κ3) is 4.94. The first-order valence-electron chi connectivity index (χ1n) is 8.82. The van der Waals surface area contributed by atoms with Crippen LogP contribution in [0.1, 0.15) is 16.7 Å². The van der Waals surface area contributed by atoms with Gasteiger partial charge in [0.25, 0.3) is 0 Å². The van der Waals surface area contributed by atoms with Crippen molar-refractivity contribution in [2.75, 3.05) is 6.79 Å². The van der Waals surface area contributed by atoms with Gasteiger partial charge < -0.3 is 31.9 Å². The van der Waals surface area contributed by atoms with Crippen molar-refractivity contribution < 1.29 is 31.0 Å². The summed E-state index contributed by atoms with van der Waals surface area (Å²) in [7, 11) is 0. The molecule has 4 nitrogen and oxygen atoms in total. The molecule has 0 aliphatic carbocycles. The molecule has 6 heteroatoms. The molecule has 28 heavy (non-hydrogen) atoms. The van der Waals surface area contributed by atoms with E-state index in [9.17, 15) is 4.39 Å². The Bertz CT molecular complexity index is 918. The standard InChI is InChI=1S/C22H20FNO3.ClH/c23-19-8-5-16(6-9-19)14-25-20-4-2-1-3-18(20)13-24-12-17-7-10-21-22(11-17)27-15-26-21;/h1-11,24H,12-15H2;1H/p-1. The van der Waals surface area contributed by atoms with E-state index < -0.39 is 0 Å². The average molecular weight is 401 g/mol. The molecule has 146 valence electrons. The topological polar surface area (TPSA) is 39.7 Å². The SMILES string of the molecule is Fc1ccc(COc2ccccc2CNCc2ccc3c(c2)OCO3)cc1.[Cl-]. The van der Waals surface area contributed by atoms with Crippen LogP contribution in [0.15, 0.2) is 66.7 Å². The minimum Gasteiger partial charge on any atom is -1.00 e. The van der Waals surface area contributed by atoms with Crippen molar-refractivity contribution >= 4 is 0 Å². The van der Waals surface area contributed by atoms with E-state index in [1.54, 1.807) is 12.1 Å². The van der Waals surface area contributed by atoms with Crippen LogP contribution in [0, 0.1) is 5.82 Å². The Kier molecular flexibility index (Phi) is 6.74. The minimum atomic E-state index is -0.244. The van der Waals surface area contributed by atoms with E-state index in [2.05, 4.69) is 5.32 Å². The zero-order valence-corrected chi connectivity index (χ0v) is 15.9. The fraction of sp³-hybridized carbons (Fsp3) is 0.182. The van der Waals surface area contributed by atoms with Crippen LogP contribution in [0.3, 0.4) is 0 Å².